The number of nitrogens with zero attached hydrogens (tertiary/aromatic N) is 1. The highest BCUT2D eigenvalue weighted by Gasteiger charge is 2.43. The molecule has 2 N–H and O–H groups in total. The molecule has 0 spiro atoms. The molecule has 1 aliphatic heterocycles. The van der Waals surface area contributed by atoms with E-state index >= 15 is 0 Å². The Balaban J connectivity index is 1.18. The molecule has 2 aliphatic carbocycles. The first-order valence-electron chi connectivity index (χ1n) is 17.4. The molecule has 3 aromatic carbocycles. The van der Waals surface area contributed by atoms with Gasteiger partial charge in [-0.05, 0) is 79.5 Å². The number of hydrogen-bond acceptors (Lipinski definition) is 5. The number of carbonyl (C=O) groups is 3. The minimum absolute atomic E-state index is 0.229. The van der Waals surface area contributed by atoms with E-state index in [4.69, 9.17) is 9.47 Å². The van der Waals surface area contributed by atoms with Gasteiger partial charge in [-0.3, -0.25) is 9.59 Å². The summed E-state index contributed by atoms with van der Waals surface area (Å²) >= 11 is 0. The van der Waals surface area contributed by atoms with Crippen molar-refractivity contribution in [2.45, 2.75) is 82.7 Å². The van der Waals surface area contributed by atoms with Crippen molar-refractivity contribution in [3.05, 3.63) is 89.5 Å². The monoisotopic (exact) mass is 645 g/mol. The molecule has 0 atom stereocenters. The molecular formula is C40H43N3O5. The zero-order valence-electron chi connectivity index (χ0n) is 27.6. The number of rotatable bonds is 9. The maximum absolute atomic E-state index is 14.2. The van der Waals surface area contributed by atoms with Crippen LogP contribution >= 0.6 is 0 Å². The fourth-order valence-corrected chi connectivity index (χ4v) is 7.90. The zero-order valence-corrected chi connectivity index (χ0v) is 27.6. The maximum atomic E-state index is 14.2. The molecule has 2 saturated carbocycles. The van der Waals surface area contributed by atoms with E-state index in [2.05, 4.69) is 51.6 Å². The number of benzene rings is 3. The van der Waals surface area contributed by atoms with E-state index in [1.807, 2.05) is 18.2 Å². The molecule has 7 rings (SSSR count). The number of carbonyl (C=O) groups excluding carboxylic acids is 3. The Morgan fingerprint density at radius 3 is 2.42 bits per heavy atom. The normalized spacial score (nSPS) is 17.3. The van der Waals surface area contributed by atoms with Gasteiger partial charge in [-0.25, -0.2) is 4.79 Å². The summed E-state index contributed by atoms with van der Waals surface area (Å²) in [4.78, 5) is 39.7. The molecule has 2 fully saturated rings. The fraction of sp³-hybridized carbons (Fsp3) is 0.375. The van der Waals surface area contributed by atoms with Crippen LogP contribution < -0.4 is 15.4 Å². The maximum Gasteiger partial charge on any atom is 0.330 e. The molecular weight excluding hydrogens is 602 g/mol. The molecule has 0 unspecified atom stereocenters. The van der Waals surface area contributed by atoms with E-state index in [0.717, 1.165) is 30.5 Å². The van der Waals surface area contributed by atoms with Gasteiger partial charge in [-0.2, -0.15) is 0 Å². The molecule has 8 nitrogen and oxygen atoms in total. The molecule has 1 aromatic heterocycles. The number of amides is 2. The number of nitrogens with one attached hydrogen (secondary N) is 2. The van der Waals surface area contributed by atoms with Gasteiger partial charge in [0, 0.05) is 17.1 Å². The lowest BCUT2D eigenvalue weighted by Crippen LogP contribution is -2.55. The topological polar surface area (TPSA) is 98.7 Å². The van der Waals surface area contributed by atoms with Crippen LogP contribution in [-0.2, 0) is 20.9 Å². The second kappa shape index (κ2) is 13.7. The van der Waals surface area contributed by atoms with Crippen molar-refractivity contribution < 1.29 is 23.9 Å². The van der Waals surface area contributed by atoms with Crippen molar-refractivity contribution in [2.75, 3.05) is 18.5 Å². The Morgan fingerprint density at radius 2 is 1.69 bits per heavy atom. The van der Waals surface area contributed by atoms with Crippen molar-refractivity contribution in [3.8, 4) is 17.0 Å². The third-order valence-electron chi connectivity index (χ3n) is 10.2. The molecule has 2 heterocycles. The van der Waals surface area contributed by atoms with Crippen LogP contribution in [0, 0.1) is 0 Å². The predicted molar refractivity (Wildman–Crippen MR) is 188 cm³/mol. The Labute approximate surface area is 281 Å². The minimum Gasteiger partial charge on any atom is -0.489 e. The number of aromatic nitrogens is 1. The summed E-state index contributed by atoms with van der Waals surface area (Å²) in [6, 6.07) is 21.8. The van der Waals surface area contributed by atoms with Gasteiger partial charge in [0.25, 0.3) is 5.91 Å². The number of ether oxygens (including phenoxy) is 2. The van der Waals surface area contributed by atoms with Gasteiger partial charge in [0.2, 0.25) is 5.91 Å². The van der Waals surface area contributed by atoms with Gasteiger partial charge in [0.15, 0.2) is 5.75 Å². The van der Waals surface area contributed by atoms with Gasteiger partial charge in [0.05, 0.1) is 29.9 Å². The lowest BCUT2D eigenvalue weighted by Gasteiger charge is -2.30. The first kappa shape index (κ1) is 31.7. The number of anilines is 1. The Morgan fingerprint density at radius 1 is 0.938 bits per heavy atom. The van der Waals surface area contributed by atoms with Crippen LogP contribution in [0.1, 0.15) is 92.1 Å². The van der Waals surface area contributed by atoms with Crippen molar-refractivity contribution >= 4 is 40.4 Å². The van der Waals surface area contributed by atoms with Gasteiger partial charge in [-0.1, -0.05) is 80.6 Å². The van der Waals surface area contributed by atoms with Gasteiger partial charge >= 0.3 is 5.97 Å². The predicted octanol–water partition coefficient (Wildman–Crippen LogP) is 8.01. The average Bonchev–Trinajstić information content (AvgIpc) is 3.73. The van der Waals surface area contributed by atoms with E-state index in [9.17, 15) is 14.4 Å². The third-order valence-corrected chi connectivity index (χ3v) is 10.2. The highest BCUT2D eigenvalue weighted by Crippen LogP contribution is 2.48. The van der Waals surface area contributed by atoms with Crippen molar-refractivity contribution in [1.82, 2.24) is 9.88 Å². The van der Waals surface area contributed by atoms with Crippen LogP contribution in [-0.4, -0.2) is 41.1 Å². The van der Waals surface area contributed by atoms with Crippen LogP contribution in [0.5, 0.6) is 5.75 Å². The van der Waals surface area contributed by atoms with Gasteiger partial charge in [-0.15, -0.1) is 0 Å². The molecule has 2 amide bonds. The molecule has 0 bridgehead atoms. The molecule has 0 radical (unpaired) electrons. The molecule has 8 heteroatoms. The largest absolute Gasteiger partial charge is 0.489 e. The molecule has 3 aliphatic rings. The first-order chi connectivity index (χ1) is 23.5. The van der Waals surface area contributed by atoms with Gasteiger partial charge in [0.1, 0.15) is 12.1 Å². The fourth-order valence-electron chi connectivity index (χ4n) is 7.90. The van der Waals surface area contributed by atoms with Crippen LogP contribution in [0.15, 0.2) is 72.8 Å². The highest BCUT2D eigenvalue weighted by atomic mass is 16.5. The van der Waals surface area contributed by atoms with Crippen LogP contribution in [0.25, 0.3) is 28.2 Å². The molecule has 0 saturated heterocycles. The Hall–Kier alpha value is -4.85. The summed E-state index contributed by atoms with van der Waals surface area (Å²) in [5.74, 6) is 0.153. The van der Waals surface area contributed by atoms with Crippen molar-refractivity contribution in [3.63, 3.8) is 0 Å². The molecule has 4 aromatic rings. The number of esters is 1. The summed E-state index contributed by atoms with van der Waals surface area (Å²) in [6.07, 6.45) is 12.0. The van der Waals surface area contributed by atoms with Crippen molar-refractivity contribution in [1.29, 1.82) is 0 Å². The van der Waals surface area contributed by atoms with E-state index in [0.29, 0.717) is 49.0 Å². The summed E-state index contributed by atoms with van der Waals surface area (Å²) in [6.45, 7) is 3.27. The third kappa shape index (κ3) is 6.12. The minimum atomic E-state index is -1.03. The van der Waals surface area contributed by atoms with Crippen LogP contribution in [0.3, 0.4) is 0 Å². The average molecular weight is 646 g/mol. The molecule has 248 valence electrons. The first-order valence-corrected chi connectivity index (χ1v) is 17.4. The second-order valence-corrected chi connectivity index (χ2v) is 13.2. The van der Waals surface area contributed by atoms with E-state index < -0.39 is 11.5 Å². The SMILES string of the molecule is CCOC(=O)/C=C/c1ccc(NC(=O)C2(NC(=O)c3ccc4c(C5CCCCC5)c(-c5ccccc5)n5c4c3OCC5)CCCC2)cc1. The smallest absolute Gasteiger partial charge is 0.330 e. The summed E-state index contributed by atoms with van der Waals surface area (Å²) in [5, 5.41) is 7.38. The highest BCUT2D eigenvalue weighted by molar-refractivity contribution is 6.09. The summed E-state index contributed by atoms with van der Waals surface area (Å²) < 4.78 is 13.6. The van der Waals surface area contributed by atoms with E-state index in [1.54, 1.807) is 25.1 Å². The quantitative estimate of drug-likeness (QED) is 0.142. The lowest BCUT2D eigenvalue weighted by molar-refractivity contribution is -0.137. The Bertz CT molecular complexity index is 1850. The van der Waals surface area contributed by atoms with Gasteiger partial charge < -0.3 is 24.7 Å². The Kier molecular flexibility index (Phi) is 9.06. The second-order valence-electron chi connectivity index (χ2n) is 13.2. The zero-order chi connectivity index (χ0) is 33.1. The molecule has 48 heavy (non-hydrogen) atoms. The van der Waals surface area contributed by atoms with E-state index in [-0.39, 0.29) is 11.8 Å². The number of hydrogen-bond donors (Lipinski definition) is 2. The van der Waals surface area contributed by atoms with Crippen molar-refractivity contribution in [2.24, 2.45) is 0 Å². The van der Waals surface area contributed by atoms with Crippen LogP contribution in [0.4, 0.5) is 5.69 Å². The summed E-state index contributed by atoms with van der Waals surface area (Å²) in [7, 11) is 0. The standard InChI is InChI=1S/C40H43N3O5/c1-2-47-33(44)22-17-27-15-18-30(19-16-27)41-39(46)40(23-9-10-24-40)42-38(45)32-21-20-31-34(28-11-5-3-6-12-28)35(29-13-7-4-8-14-29)43-25-26-48-37(32)36(31)43/h4,7-8,13-22,28H,2-3,5-6,9-12,23-26H2,1H3,(H,41,46)(H,42,45)/b22-17+. The summed E-state index contributed by atoms with van der Waals surface area (Å²) in [5.41, 5.74) is 5.66. The van der Waals surface area contributed by atoms with E-state index in [1.165, 1.54) is 60.4 Å². The lowest BCUT2D eigenvalue weighted by atomic mass is 9.81. The van der Waals surface area contributed by atoms with Crippen LogP contribution in [0.2, 0.25) is 0 Å².